The minimum atomic E-state index is -0.480. The first-order valence-corrected chi connectivity index (χ1v) is 8.98. The quantitative estimate of drug-likeness (QED) is 0.547. The Balaban J connectivity index is 1.64. The summed E-state index contributed by atoms with van der Waals surface area (Å²) < 4.78 is 8.31. The molecule has 0 atom stereocenters. The third-order valence-electron chi connectivity index (χ3n) is 4.45. The van der Waals surface area contributed by atoms with Crippen LogP contribution in [0.25, 0.3) is 22.4 Å². The molecule has 0 aliphatic rings. The van der Waals surface area contributed by atoms with Gasteiger partial charge in [0.05, 0.1) is 12.6 Å². The fourth-order valence-electron chi connectivity index (χ4n) is 3.00. The fourth-order valence-corrected chi connectivity index (χ4v) is 3.00. The second-order valence-corrected chi connectivity index (χ2v) is 6.67. The smallest absolute Gasteiger partial charge is 0.348 e. The Labute approximate surface area is 166 Å². The highest BCUT2D eigenvalue weighted by molar-refractivity contribution is 6.00. The maximum atomic E-state index is 12.8. The van der Waals surface area contributed by atoms with Crippen molar-refractivity contribution in [3.63, 3.8) is 0 Å². The largest absolute Gasteiger partial charge is 0.497 e. The van der Waals surface area contributed by atoms with Gasteiger partial charge in [-0.1, -0.05) is 6.07 Å². The van der Waals surface area contributed by atoms with Gasteiger partial charge >= 0.3 is 6.03 Å². The lowest BCUT2D eigenvalue weighted by molar-refractivity contribution is 0.252. The number of fused-ring (bicyclic) bond motifs is 1. The number of rotatable bonds is 4. The number of nitrogens with one attached hydrogen (secondary N) is 1. The summed E-state index contributed by atoms with van der Waals surface area (Å²) >= 11 is 0. The molecule has 3 heterocycles. The number of hydrogen-bond acceptors (Lipinski definition) is 7. The number of carbonyl (C=O) groups is 1. The van der Waals surface area contributed by atoms with E-state index in [0.29, 0.717) is 34.0 Å². The molecule has 0 radical (unpaired) electrons. The highest BCUT2D eigenvalue weighted by atomic mass is 16.5. The van der Waals surface area contributed by atoms with Gasteiger partial charge in [-0.25, -0.2) is 9.78 Å². The number of nitrogen functional groups attached to an aromatic ring is 1. The van der Waals surface area contributed by atoms with E-state index in [9.17, 15) is 4.79 Å². The molecule has 0 fully saturated rings. The predicted molar refractivity (Wildman–Crippen MR) is 109 cm³/mol. The van der Waals surface area contributed by atoms with Crippen LogP contribution in [0, 0.1) is 0 Å². The van der Waals surface area contributed by atoms with Crippen molar-refractivity contribution < 1.29 is 9.53 Å². The molecule has 0 saturated carbocycles. The molecule has 148 valence electrons. The van der Waals surface area contributed by atoms with E-state index in [4.69, 9.17) is 10.5 Å². The SMILES string of the molecule is COc1ccc2c(c1)c(N)nn2C(=O)Nc1cccc(-c2nncn2C(C)C)n1. The molecule has 0 saturated heterocycles. The molecular formula is C19H20N8O2. The van der Waals surface area contributed by atoms with Gasteiger partial charge in [0, 0.05) is 11.4 Å². The zero-order chi connectivity index (χ0) is 20.5. The van der Waals surface area contributed by atoms with E-state index in [0.717, 1.165) is 0 Å². The number of amides is 1. The third kappa shape index (κ3) is 3.35. The second-order valence-electron chi connectivity index (χ2n) is 6.67. The number of methoxy groups -OCH3 is 1. The van der Waals surface area contributed by atoms with Crippen LogP contribution in [0.5, 0.6) is 5.75 Å². The van der Waals surface area contributed by atoms with Crippen molar-refractivity contribution in [3.8, 4) is 17.3 Å². The van der Waals surface area contributed by atoms with Gasteiger partial charge in [0.15, 0.2) is 11.6 Å². The van der Waals surface area contributed by atoms with Crippen LogP contribution in [0.1, 0.15) is 19.9 Å². The molecule has 0 aliphatic heterocycles. The Kier molecular flexibility index (Phi) is 4.59. The average molecular weight is 392 g/mol. The Morgan fingerprint density at radius 3 is 2.83 bits per heavy atom. The third-order valence-corrected chi connectivity index (χ3v) is 4.45. The normalized spacial score (nSPS) is 11.2. The number of ether oxygens (including phenoxy) is 1. The molecule has 1 aromatic carbocycles. The van der Waals surface area contributed by atoms with Crippen LogP contribution in [-0.4, -0.2) is 42.7 Å². The van der Waals surface area contributed by atoms with Crippen LogP contribution in [0.15, 0.2) is 42.7 Å². The molecule has 4 aromatic rings. The van der Waals surface area contributed by atoms with Gasteiger partial charge in [0.1, 0.15) is 23.6 Å². The van der Waals surface area contributed by atoms with Crippen LogP contribution in [0.4, 0.5) is 16.4 Å². The summed E-state index contributed by atoms with van der Waals surface area (Å²) in [5, 5.41) is 15.6. The minimum Gasteiger partial charge on any atom is -0.497 e. The van der Waals surface area contributed by atoms with Gasteiger partial charge in [-0.3, -0.25) is 5.32 Å². The second kappa shape index (κ2) is 7.23. The first-order valence-electron chi connectivity index (χ1n) is 8.98. The number of anilines is 2. The molecule has 0 aliphatic carbocycles. The van der Waals surface area contributed by atoms with E-state index in [1.807, 2.05) is 24.5 Å². The van der Waals surface area contributed by atoms with E-state index in [-0.39, 0.29) is 11.9 Å². The number of benzene rings is 1. The summed E-state index contributed by atoms with van der Waals surface area (Å²) in [6.45, 7) is 4.06. The molecule has 0 spiro atoms. The zero-order valence-electron chi connectivity index (χ0n) is 16.2. The Morgan fingerprint density at radius 1 is 1.24 bits per heavy atom. The highest BCUT2D eigenvalue weighted by Crippen LogP contribution is 2.26. The standard InChI is InChI=1S/C19H20N8O2/c1-11(2)26-10-21-24-18(26)14-5-4-6-16(22-14)23-19(28)27-15-8-7-12(29-3)9-13(15)17(20)25-27/h4-11H,1-3H3,(H2,20,25)(H,22,23,28). The maximum Gasteiger partial charge on any atom is 0.348 e. The number of carbonyl (C=O) groups excluding carboxylic acids is 1. The number of nitrogens with two attached hydrogens (primary N) is 1. The maximum absolute atomic E-state index is 12.8. The van der Waals surface area contributed by atoms with Crippen LogP contribution < -0.4 is 15.8 Å². The summed E-state index contributed by atoms with van der Waals surface area (Å²) in [5.74, 6) is 1.85. The number of aromatic nitrogens is 6. The number of nitrogens with zero attached hydrogens (tertiary/aromatic N) is 6. The van der Waals surface area contributed by atoms with Crippen molar-refractivity contribution in [2.45, 2.75) is 19.9 Å². The van der Waals surface area contributed by atoms with Gasteiger partial charge in [0.25, 0.3) is 0 Å². The summed E-state index contributed by atoms with van der Waals surface area (Å²) in [5.41, 5.74) is 7.13. The molecule has 29 heavy (non-hydrogen) atoms. The Bertz CT molecular complexity index is 1190. The number of pyridine rings is 1. The highest BCUT2D eigenvalue weighted by Gasteiger charge is 2.17. The summed E-state index contributed by atoms with van der Waals surface area (Å²) in [4.78, 5) is 17.3. The Hall–Kier alpha value is -3.95. The molecular weight excluding hydrogens is 372 g/mol. The topological polar surface area (TPSA) is 126 Å². The molecule has 1 amide bonds. The van der Waals surface area contributed by atoms with Crippen LogP contribution in [0.2, 0.25) is 0 Å². The van der Waals surface area contributed by atoms with Crippen LogP contribution in [-0.2, 0) is 0 Å². The van der Waals surface area contributed by atoms with Crippen molar-refractivity contribution in [1.29, 1.82) is 0 Å². The van der Waals surface area contributed by atoms with Gasteiger partial charge in [0.2, 0.25) is 0 Å². The molecule has 10 nitrogen and oxygen atoms in total. The van der Waals surface area contributed by atoms with E-state index < -0.39 is 6.03 Å². The summed E-state index contributed by atoms with van der Waals surface area (Å²) in [6, 6.07) is 10.2. The predicted octanol–water partition coefficient (Wildman–Crippen LogP) is 2.94. The van der Waals surface area contributed by atoms with E-state index in [1.165, 1.54) is 4.68 Å². The summed E-state index contributed by atoms with van der Waals surface area (Å²) in [7, 11) is 1.56. The van der Waals surface area contributed by atoms with E-state index in [1.54, 1.807) is 43.8 Å². The van der Waals surface area contributed by atoms with Crippen molar-refractivity contribution in [1.82, 2.24) is 29.5 Å². The average Bonchev–Trinajstić information content (AvgIpc) is 3.33. The first kappa shape index (κ1) is 18.4. The lowest BCUT2D eigenvalue weighted by atomic mass is 10.2. The van der Waals surface area contributed by atoms with Crippen molar-refractivity contribution in [3.05, 3.63) is 42.7 Å². The van der Waals surface area contributed by atoms with Gasteiger partial charge < -0.3 is 15.0 Å². The monoisotopic (exact) mass is 392 g/mol. The van der Waals surface area contributed by atoms with Crippen molar-refractivity contribution in [2.75, 3.05) is 18.2 Å². The first-order chi connectivity index (χ1) is 14.0. The molecule has 0 bridgehead atoms. The van der Waals surface area contributed by atoms with Gasteiger partial charge in [-0.05, 0) is 44.2 Å². The zero-order valence-corrected chi connectivity index (χ0v) is 16.2. The van der Waals surface area contributed by atoms with Gasteiger partial charge in [-0.15, -0.1) is 15.3 Å². The molecule has 4 rings (SSSR count). The molecule has 3 N–H and O–H groups in total. The Morgan fingerprint density at radius 2 is 2.07 bits per heavy atom. The van der Waals surface area contributed by atoms with Crippen LogP contribution >= 0.6 is 0 Å². The molecule has 3 aromatic heterocycles. The molecule has 0 unspecified atom stereocenters. The number of hydrogen-bond donors (Lipinski definition) is 2. The lowest BCUT2D eigenvalue weighted by Gasteiger charge is -2.10. The minimum absolute atomic E-state index is 0.176. The summed E-state index contributed by atoms with van der Waals surface area (Å²) in [6.07, 6.45) is 1.65. The lowest BCUT2D eigenvalue weighted by Crippen LogP contribution is -2.21. The fraction of sp³-hybridized carbons (Fsp3) is 0.211. The van der Waals surface area contributed by atoms with Gasteiger partial charge in [-0.2, -0.15) is 4.68 Å². The van der Waals surface area contributed by atoms with Crippen LogP contribution in [0.3, 0.4) is 0 Å². The van der Waals surface area contributed by atoms with Crippen molar-refractivity contribution in [2.24, 2.45) is 0 Å². The van der Waals surface area contributed by atoms with E-state index >= 15 is 0 Å². The van der Waals surface area contributed by atoms with Crippen molar-refractivity contribution >= 4 is 28.6 Å². The molecule has 10 heteroatoms. The van der Waals surface area contributed by atoms with E-state index in [2.05, 4.69) is 25.6 Å².